The molecule has 0 bridgehead atoms. The number of aliphatic hydroxyl groups is 1. The van der Waals surface area contributed by atoms with E-state index in [4.69, 9.17) is 0 Å². The minimum Gasteiger partial charge on any atom is -0.393 e. The zero-order chi connectivity index (χ0) is 14.4. The number of halogens is 1. The van der Waals surface area contributed by atoms with Gasteiger partial charge in [0, 0.05) is 20.0 Å². The van der Waals surface area contributed by atoms with Gasteiger partial charge in [0.1, 0.15) is 0 Å². The first kappa shape index (κ1) is 16.7. The van der Waals surface area contributed by atoms with Crippen LogP contribution in [0.5, 0.6) is 0 Å². The molecule has 4 nitrogen and oxygen atoms in total. The molecule has 1 N–H and O–H groups in total. The van der Waals surface area contributed by atoms with Gasteiger partial charge < -0.3 is 10.0 Å². The monoisotopic (exact) mass is 331 g/mol. The highest BCUT2D eigenvalue weighted by atomic mass is 79.9. The maximum absolute atomic E-state index is 10.2. The van der Waals surface area contributed by atoms with Gasteiger partial charge in [-0.25, -0.2) is 0 Å². The molecule has 0 radical (unpaired) electrons. The molecule has 1 heterocycles. The van der Waals surface area contributed by atoms with Crippen molar-refractivity contribution >= 4 is 15.9 Å². The second kappa shape index (κ2) is 8.02. The van der Waals surface area contributed by atoms with Crippen LogP contribution in [-0.4, -0.2) is 45.5 Å². The quantitative estimate of drug-likeness (QED) is 0.795. The molecule has 0 saturated carbocycles. The molecule has 0 aliphatic heterocycles. The number of aliphatic hydroxyl groups excluding tert-OH is 1. The van der Waals surface area contributed by atoms with Gasteiger partial charge in [-0.3, -0.25) is 4.68 Å². The minimum atomic E-state index is -0.308. The van der Waals surface area contributed by atoms with E-state index < -0.39 is 0 Å². The molecule has 110 valence electrons. The molecule has 1 unspecified atom stereocenters. The Kier molecular flexibility index (Phi) is 7.04. The van der Waals surface area contributed by atoms with Crippen molar-refractivity contribution in [3.63, 3.8) is 0 Å². The summed E-state index contributed by atoms with van der Waals surface area (Å²) in [6, 6.07) is 0. The van der Waals surface area contributed by atoms with E-state index >= 15 is 0 Å². The molecule has 0 spiro atoms. The second-order valence-electron chi connectivity index (χ2n) is 4.86. The van der Waals surface area contributed by atoms with Crippen LogP contribution < -0.4 is 0 Å². The Morgan fingerprint density at radius 1 is 1.32 bits per heavy atom. The molecule has 0 aliphatic carbocycles. The largest absolute Gasteiger partial charge is 0.393 e. The van der Waals surface area contributed by atoms with Gasteiger partial charge >= 0.3 is 0 Å². The van der Waals surface area contributed by atoms with Gasteiger partial charge in [-0.15, -0.1) is 0 Å². The molecule has 1 atom stereocenters. The Morgan fingerprint density at radius 3 is 2.42 bits per heavy atom. The normalized spacial score (nSPS) is 13.2. The topological polar surface area (TPSA) is 41.3 Å². The third-order valence-corrected chi connectivity index (χ3v) is 4.52. The van der Waals surface area contributed by atoms with E-state index in [0.717, 1.165) is 48.3 Å². The van der Waals surface area contributed by atoms with Gasteiger partial charge in [-0.2, -0.15) is 5.10 Å². The first-order valence-electron chi connectivity index (χ1n) is 7.14. The van der Waals surface area contributed by atoms with Crippen LogP contribution in [0, 0.1) is 0 Å². The zero-order valence-electron chi connectivity index (χ0n) is 12.5. The summed E-state index contributed by atoms with van der Waals surface area (Å²) in [5.41, 5.74) is 2.15. The van der Waals surface area contributed by atoms with E-state index in [1.54, 1.807) is 0 Å². The SMILES string of the molecule is CCc1nn(C)c(CC(O)CCN(CC)CC)c1Br. The summed E-state index contributed by atoms with van der Waals surface area (Å²) in [6.07, 6.45) is 2.06. The highest BCUT2D eigenvalue weighted by molar-refractivity contribution is 9.10. The summed E-state index contributed by atoms with van der Waals surface area (Å²) in [6.45, 7) is 9.43. The van der Waals surface area contributed by atoms with Crippen molar-refractivity contribution in [3.8, 4) is 0 Å². The lowest BCUT2D eigenvalue weighted by atomic mass is 10.1. The fraction of sp³-hybridized carbons (Fsp3) is 0.786. The van der Waals surface area contributed by atoms with E-state index in [9.17, 15) is 5.11 Å². The number of hydrogen-bond donors (Lipinski definition) is 1. The summed E-state index contributed by atoms with van der Waals surface area (Å²) in [5, 5.41) is 14.6. The molecule has 0 aliphatic rings. The molecule has 0 amide bonds. The zero-order valence-corrected chi connectivity index (χ0v) is 14.1. The van der Waals surface area contributed by atoms with Gasteiger partial charge in [0.15, 0.2) is 0 Å². The van der Waals surface area contributed by atoms with E-state index in [0.29, 0.717) is 6.42 Å². The van der Waals surface area contributed by atoms with E-state index in [1.807, 2.05) is 11.7 Å². The summed E-state index contributed by atoms with van der Waals surface area (Å²) in [7, 11) is 1.94. The Balaban J connectivity index is 2.57. The van der Waals surface area contributed by atoms with Crippen LogP contribution in [-0.2, 0) is 19.9 Å². The summed E-state index contributed by atoms with van der Waals surface area (Å²) in [4.78, 5) is 2.33. The fourth-order valence-corrected chi connectivity index (χ4v) is 3.02. The van der Waals surface area contributed by atoms with Crippen molar-refractivity contribution in [1.82, 2.24) is 14.7 Å². The first-order valence-corrected chi connectivity index (χ1v) is 7.93. The van der Waals surface area contributed by atoms with Crippen LogP contribution in [0.3, 0.4) is 0 Å². The highest BCUT2D eigenvalue weighted by Crippen LogP contribution is 2.23. The molecule has 1 rings (SSSR count). The molecule has 0 aromatic carbocycles. The predicted molar refractivity (Wildman–Crippen MR) is 82.4 cm³/mol. The van der Waals surface area contributed by atoms with Crippen molar-refractivity contribution in [3.05, 3.63) is 15.9 Å². The smallest absolute Gasteiger partial charge is 0.0766 e. The molecule has 19 heavy (non-hydrogen) atoms. The van der Waals surface area contributed by atoms with Gasteiger partial charge in [-0.1, -0.05) is 20.8 Å². The lowest BCUT2D eigenvalue weighted by Crippen LogP contribution is -2.28. The van der Waals surface area contributed by atoms with Crippen LogP contribution in [0.1, 0.15) is 38.6 Å². The maximum atomic E-state index is 10.2. The van der Waals surface area contributed by atoms with Crippen molar-refractivity contribution in [1.29, 1.82) is 0 Å². The Hall–Kier alpha value is -0.390. The number of rotatable bonds is 8. The van der Waals surface area contributed by atoms with Crippen LogP contribution in [0.4, 0.5) is 0 Å². The molecule has 5 heteroatoms. The second-order valence-corrected chi connectivity index (χ2v) is 5.65. The predicted octanol–water partition coefficient (Wildman–Crippen LogP) is 2.38. The molecule has 0 fully saturated rings. The van der Waals surface area contributed by atoms with E-state index in [-0.39, 0.29) is 6.10 Å². The molecule has 0 saturated heterocycles. The number of nitrogens with zero attached hydrogens (tertiary/aromatic N) is 3. The third kappa shape index (κ3) is 4.58. The van der Waals surface area contributed by atoms with E-state index in [1.165, 1.54) is 0 Å². The summed E-state index contributed by atoms with van der Waals surface area (Å²) in [5.74, 6) is 0. The van der Waals surface area contributed by atoms with Gasteiger partial charge in [0.2, 0.25) is 0 Å². The van der Waals surface area contributed by atoms with Gasteiger partial charge in [0.05, 0.1) is 22.0 Å². The van der Waals surface area contributed by atoms with Gasteiger partial charge in [0.25, 0.3) is 0 Å². The van der Waals surface area contributed by atoms with Crippen LogP contribution in [0.2, 0.25) is 0 Å². The van der Waals surface area contributed by atoms with Crippen LogP contribution in [0.15, 0.2) is 4.47 Å². The fourth-order valence-electron chi connectivity index (χ4n) is 2.24. The summed E-state index contributed by atoms with van der Waals surface area (Å²) >= 11 is 3.59. The molecular formula is C14H26BrN3O. The first-order chi connectivity index (χ1) is 9.03. The standard InChI is InChI=1S/C14H26BrN3O/c1-5-12-14(15)13(17(4)16-12)10-11(19)8-9-18(6-2)7-3/h11,19H,5-10H2,1-4H3. The molecule has 1 aromatic rings. The molecular weight excluding hydrogens is 306 g/mol. The van der Waals surface area contributed by atoms with Crippen molar-refractivity contribution in [2.45, 2.75) is 46.1 Å². The number of hydrogen-bond acceptors (Lipinski definition) is 3. The van der Waals surface area contributed by atoms with Crippen molar-refractivity contribution < 1.29 is 5.11 Å². The van der Waals surface area contributed by atoms with E-state index in [2.05, 4.69) is 46.7 Å². The summed E-state index contributed by atoms with van der Waals surface area (Å²) < 4.78 is 2.93. The number of aromatic nitrogens is 2. The lowest BCUT2D eigenvalue weighted by Gasteiger charge is -2.20. The lowest BCUT2D eigenvalue weighted by molar-refractivity contribution is 0.141. The van der Waals surface area contributed by atoms with Crippen LogP contribution in [0.25, 0.3) is 0 Å². The average Bonchev–Trinajstić information content (AvgIpc) is 2.67. The number of aryl methyl sites for hydroxylation is 2. The maximum Gasteiger partial charge on any atom is 0.0766 e. The minimum absolute atomic E-state index is 0.308. The Morgan fingerprint density at radius 2 is 1.95 bits per heavy atom. The van der Waals surface area contributed by atoms with Crippen LogP contribution >= 0.6 is 15.9 Å². The highest BCUT2D eigenvalue weighted by Gasteiger charge is 2.16. The third-order valence-electron chi connectivity index (χ3n) is 3.60. The van der Waals surface area contributed by atoms with Crippen molar-refractivity contribution in [2.24, 2.45) is 7.05 Å². The van der Waals surface area contributed by atoms with Gasteiger partial charge in [-0.05, 0) is 41.9 Å². The van der Waals surface area contributed by atoms with Crippen molar-refractivity contribution in [2.75, 3.05) is 19.6 Å². The Bertz CT molecular complexity index is 388. The Labute approximate surface area is 124 Å². The molecule has 1 aromatic heterocycles. The average molecular weight is 332 g/mol.